The number of imidazole rings is 1. The van der Waals surface area contributed by atoms with Crippen LogP contribution in [-0.4, -0.2) is 53.3 Å². The first kappa shape index (κ1) is 29.9. The minimum atomic E-state index is -0.904. The monoisotopic (exact) mass is 621 g/mol. The number of aryl methyl sites for hydroxylation is 1. The molecule has 0 atom stereocenters. The maximum Gasteiger partial charge on any atom is 0.408 e. The molecule has 1 N–H and O–H groups in total. The van der Waals surface area contributed by atoms with Crippen LogP contribution in [0.2, 0.25) is 0 Å². The number of benzene rings is 4. The third-order valence-electron chi connectivity index (χ3n) is 9.36. The van der Waals surface area contributed by atoms with Crippen LogP contribution in [0, 0.1) is 11.6 Å². The van der Waals surface area contributed by atoms with Gasteiger partial charge in [-0.25, -0.2) is 18.6 Å². The fraction of sp³-hybridized carbons (Fsp3) is 0.297. The Labute approximate surface area is 267 Å². The minimum absolute atomic E-state index is 0.246. The molecule has 0 spiro atoms. The van der Waals surface area contributed by atoms with Crippen molar-refractivity contribution in [3.8, 4) is 11.1 Å². The molecule has 7 nitrogen and oxygen atoms in total. The highest BCUT2D eigenvalue weighted by molar-refractivity contribution is 5.82. The Morgan fingerprint density at radius 1 is 0.848 bits per heavy atom. The van der Waals surface area contributed by atoms with Gasteiger partial charge in [0.15, 0.2) is 5.60 Å². The summed E-state index contributed by atoms with van der Waals surface area (Å²) in [4.78, 5) is 22.9. The molecule has 9 heteroatoms. The van der Waals surface area contributed by atoms with Crippen molar-refractivity contribution in [3.63, 3.8) is 0 Å². The summed E-state index contributed by atoms with van der Waals surface area (Å²) in [5.41, 5.74) is 5.68. The molecule has 7 rings (SSSR count). The molecule has 2 aliphatic rings. The SMILES string of the molecule is Cn1c(N2CCN(CCCCC3(OC(=O)NCc4ccc(F)cc4)c4ccccc4-c4ccccc43)CC2)nc2ccc(F)cc21. The fourth-order valence-electron chi connectivity index (χ4n) is 7.00. The molecule has 1 saturated heterocycles. The van der Waals surface area contributed by atoms with Gasteiger partial charge in [0.05, 0.1) is 11.0 Å². The summed E-state index contributed by atoms with van der Waals surface area (Å²) < 4.78 is 35.6. The Hall–Kier alpha value is -4.76. The van der Waals surface area contributed by atoms with Crippen molar-refractivity contribution in [3.05, 3.63) is 119 Å². The third-order valence-corrected chi connectivity index (χ3v) is 9.36. The maximum absolute atomic E-state index is 13.8. The predicted molar refractivity (Wildman–Crippen MR) is 176 cm³/mol. The maximum atomic E-state index is 13.8. The Kier molecular flexibility index (Phi) is 8.17. The summed E-state index contributed by atoms with van der Waals surface area (Å²) >= 11 is 0. The number of carbonyl (C=O) groups is 1. The van der Waals surface area contributed by atoms with E-state index in [1.165, 1.54) is 24.3 Å². The number of fused-ring (bicyclic) bond motifs is 4. The number of rotatable bonds is 9. The first-order valence-electron chi connectivity index (χ1n) is 15.9. The van der Waals surface area contributed by atoms with Crippen LogP contribution in [0.3, 0.4) is 0 Å². The second-order valence-electron chi connectivity index (χ2n) is 12.2. The zero-order valence-electron chi connectivity index (χ0n) is 25.9. The van der Waals surface area contributed by atoms with Crippen LogP contribution in [0.15, 0.2) is 91.0 Å². The lowest BCUT2D eigenvalue weighted by Crippen LogP contribution is -2.47. The molecule has 0 radical (unpaired) electrons. The summed E-state index contributed by atoms with van der Waals surface area (Å²) in [6.07, 6.45) is 1.97. The molecule has 2 heterocycles. The lowest BCUT2D eigenvalue weighted by atomic mass is 9.86. The van der Waals surface area contributed by atoms with E-state index in [0.717, 1.165) is 90.4 Å². The smallest absolute Gasteiger partial charge is 0.408 e. The van der Waals surface area contributed by atoms with E-state index < -0.39 is 11.7 Å². The second kappa shape index (κ2) is 12.6. The third kappa shape index (κ3) is 5.71. The van der Waals surface area contributed by atoms with E-state index in [4.69, 9.17) is 9.72 Å². The van der Waals surface area contributed by atoms with Gasteiger partial charge in [0.2, 0.25) is 5.95 Å². The molecule has 5 aromatic rings. The standard InChI is InChI=1S/C37H37F2N5O2/c1-42-34-24-28(39)16-17-33(34)41-35(42)44-22-20-43(21-23-44)19-7-6-18-37(46-36(45)40-25-26-12-14-27(38)15-13-26)31-10-4-2-8-29(31)30-9-3-5-11-32(30)37/h2-5,8-17,24H,6-7,18-23,25H2,1H3,(H,40,45). The summed E-state index contributed by atoms with van der Waals surface area (Å²) in [7, 11) is 1.94. The highest BCUT2D eigenvalue weighted by Crippen LogP contribution is 2.52. The van der Waals surface area contributed by atoms with Crippen molar-refractivity contribution in [2.24, 2.45) is 7.05 Å². The first-order chi connectivity index (χ1) is 22.4. The summed E-state index contributed by atoms with van der Waals surface area (Å²) in [5.74, 6) is 0.302. The van der Waals surface area contributed by atoms with Crippen molar-refractivity contribution >= 4 is 23.1 Å². The predicted octanol–water partition coefficient (Wildman–Crippen LogP) is 6.99. The summed E-state index contributed by atoms with van der Waals surface area (Å²) in [6.45, 7) is 4.71. The van der Waals surface area contributed by atoms with E-state index in [0.29, 0.717) is 6.42 Å². The zero-order chi connectivity index (χ0) is 31.7. The van der Waals surface area contributed by atoms with Gasteiger partial charge in [-0.05, 0) is 72.8 Å². The van der Waals surface area contributed by atoms with Gasteiger partial charge in [-0.15, -0.1) is 0 Å². The molecule has 1 aromatic heterocycles. The number of hydrogen-bond acceptors (Lipinski definition) is 5. The van der Waals surface area contributed by atoms with E-state index in [1.807, 2.05) is 35.9 Å². The number of nitrogens with one attached hydrogen (secondary N) is 1. The van der Waals surface area contributed by atoms with Gasteiger partial charge in [-0.1, -0.05) is 60.7 Å². The number of unbranched alkanes of at least 4 members (excludes halogenated alkanes) is 1. The van der Waals surface area contributed by atoms with E-state index in [2.05, 4.69) is 39.4 Å². The number of hydrogen-bond donors (Lipinski definition) is 1. The highest BCUT2D eigenvalue weighted by Gasteiger charge is 2.46. The lowest BCUT2D eigenvalue weighted by molar-refractivity contribution is 0.0325. The molecule has 4 aromatic carbocycles. The summed E-state index contributed by atoms with van der Waals surface area (Å²) in [6, 6.07) is 27.2. The molecule has 0 unspecified atom stereocenters. The molecular formula is C37H37F2N5O2. The van der Waals surface area contributed by atoms with Crippen LogP contribution in [0.5, 0.6) is 0 Å². The number of amides is 1. The van der Waals surface area contributed by atoms with Crippen LogP contribution in [-0.2, 0) is 23.9 Å². The van der Waals surface area contributed by atoms with Crippen molar-refractivity contribution in [2.75, 3.05) is 37.6 Å². The van der Waals surface area contributed by atoms with E-state index in [1.54, 1.807) is 18.2 Å². The largest absolute Gasteiger partial charge is 0.433 e. The van der Waals surface area contributed by atoms with Crippen LogP contribution in [0.1, 0.15) is 36.0 Å². The molecule has 1 fully saturated rings. The van der Waals surface area contributed by atoms with Gasteiger partial charge in [0.25, 0.3) is 0 Å². The van der Waals surface area contributed by atoms with E-state index in [-0.39, 0.29) is 18.2 Å². The quantitative estimate of drug-likeness (QED) is 0.180. The average molecular weight is 622 g/mol. The molecule has 0 saturated carbocycles. The fourth-order valence-corrected chi connectivity index (χ4v) is 7.00. The van der Waals surface area contributed by atoms with Crippen LogP contribution >= 0.6 is 0 Å². The summed E-state index contributed by atoms with van der Waals surface area (Å²) in [5, 5.41) is 2.88. The Morgan fingerprint density at radius 2 is 1.50 bits per heavy atom. The van der Waals surface area contributed by atoms with Crippen molar-refractivity contribution in [1.82, 2.24) is 19.8 Å². The second-order valence-corrected chi connectivity index (χ2v) is 12.2. The van der Waals surface area contributed by atoms with Crippen molar-refractivity contribution in [2.45, 2.75) is 31.4 Å². The Morgan fingerprint density at radius 3 is 2.20 bits per heavy atom. The van der Waals surface area contributed by atoms with Gasteiger partial charge < -0.3 is 19.5 Å². The number of anilines is 1. The van der Waals surface area contributed by atoms with Gasteiger partial charge in [0.1, 0.15) is 11.6 Å². The number of nitrogens with zero attached hydrogens (tertiary/aromatic N) is 4. The van der Waals surface area contributed by atoms with Gasteiger partial charge in [-0.3, -0.25) is 4.90 Å². The van der Waals surface area contributed by atoms with Crippen LogP contribution in [0.4, 0.5) is 19.5 Å². The zero-order valence-corrected chi connectivity index (χ0v) is 25.9. The lowest BCUT2D eigenvalue weighted by Gasteiger charge is -2.35. The van der Waals surface area contributed by atoms with Crippen LogP contribution in [0.25, 0.3) is 22.2 Å². The Balaban J connectivity index is 1.01. The van der Waals surface area contributed by atoms with Gasteiger partial charge in [0, 0.05) is 50.9 Å². The normalized spacial score (nSPS) is 15.5. The number of halogens is 2. The number of piperazine rings is 1. The van der Waals surface area contributed by atoms with Crippen molar-refractivity contribution < 1.29 is 18.3 Å². The average Bonchev–Trinajstić information content (AvgIpc) is 3.55. The molecule has 1 aliphatic heterocycles. The number of alkyl carbamates (subject to hydrolysis) is 1. The van der Waals surface area contributed by atoms with Gasteiger partial charge >= 0.3 is 6.09 Å². The van der Waals surface area contributed by atoms with Gasteiger partial charge in [-0.2, -0.15) is 0 Å². The molecule has 1 aliphatic carbocycles. The topological polar surface area (TPSA) is 62.6 Å². The van der Waals surface area contributed by atoms with Crippen molar-refractivity contribution in [1.29, 1.82) is 0 Å². The molecule has 236 valence electrons. The van der Waals surface area contributed by atoms with Crippen LogP contribution < -0.4 is 10.2 Å². The highest BCUT2D eigenvalue weighted by atomic mass is 19.1. The van der Waals surface area contributed by atoms with E-state index in [9.17, 15) is 13.6 Å². The molecule has 1 amide bonds. The molecule has 0 bridgehead atoms. The molecule has 46 heavy (non-hydrogen) atoms. The van der Waals surface area contributed by atoms with E-state index >= 15 is 0 Å². The number of ether oxygens (including phenoxy) is 1. The minimum Gasteiger partial charge on any atom is -0.433 e. The Bertz CT molecular complexity index is 1820. The first-order valence-corrected chi connectivity index (χ1v) is 15.9. The molecular weight excluding hydrogens is 584 g/mol. The number of aromatic nitrogens is 2. The number of carbonyl (C=O) groups excluding carboxylic acids is 1.